The molecular weight excluding hydrogens is 256 g/mol. The van der Waals surface area contributed by atoms with Gasteiger partial charge in [-0.1, -0.05) is 11.3 Å². The summed E-state index contributed by atoms with van der Waals surface area (Å²) in [7, 11) is 1.70. The Morgan fingerprint density at radius 1 is 1.50 bits per heavy atom. The van der Waals surface area contributed by atoms with Gasteiger partial charge in [0, 0.05) is 26.9 Å². The third-order valence-corrected chi connectivity index (χ3v) is 3.39. The zero-order chi connectivity index (χ0) is 13.3. The number of ether oxygens (including phenoxy) is 1. The van der Waals surface area contributed by atoms with Gasteiger partial charge in [0.2, 0.25) is 5.13 Å². The maximum Gasteiger partial charge on any atom is 0.329 e. The highest BCUT2D eigenvalue weighted by molar-refractivity contribution is 7.15. The van der Waals surface area contributed by atoms with E-state index in [9.17, 15) is 9.59 Å². The van der Waals surface area contributed by atoms with E-state index in [2.05, 4.69) is 10.2 Å². The van der Waals surface area contributed by atoms with Crippen molar-refractivity contribution < 1.29 is 14.3 Å². The predicted octanol–water partition coefficient (Wildman–Crippen LogP) is 0.998. The number of amides is 2. The standard InChI is InChI=1S/C10H14N4O3S/c1-6-11-12-9(18-6)14-8(17-7(2)15)4-5-13(3)10(14)16/h8H,4-5H2,1-3H3. The first-order chi connectivity index (χ1) is 8.49. The Hall–Kier alpha value is -1.70. The van der Waals surface area contributed by atoms with Gasteiger partial charge < -0.3 is 9.64 Å². The first-order valence-electron chi connectivity index (χ1n) is 5.50. The molecule has 1 aromatic rings. The highest BCUT2D eigenvalue weighted by Gasteiger charge is 2.36. The van der Waals surface area contributed by atoms with Gasteiger partial charge in [-0.25, -0.2) is 9.69 Å². The van der Waals surface area contributed by atoms with Crippen LogP contribution >= 0.6 is 11.3 Å². The summed E-state index contributed by atoms with van der Waals surface area (Å²) in [6, 6.07) is -0.233. The molecule has 0 aliphatic carbocycles. The largest absolute Gasteiger partial charge is 0.441 e. The number of carbonyl (C=O) groups is 2. The van der Waals surface area contributed by atoms with Crippen LogP contribution in [0.5, 0.6) is 0 Å². The molecule has 1 atom stereocenters. The van der Waals surface area contributed by atoms with Crippen LogP contribution < -0.4 is 4.90 Å². The van der Waals surface area contributed by atoms with Crippen LogP contribution in [0.4, 0.5) is 9.93 Å². The van der Waals surface area contributed by atoms with Crippen molar-refractivity contribution in [2.75, 3.05) is 18.5 Å². The van der Waals surface area contributed by atoms with E-state index in [1.54, 1.807) is 18.9 Å². The minimum absolute atomic E-state index is 0.233. The van der Waals surface area contributed by atoms with Gasteiger partial charge in [-0.05, 0) is 6.92 Å². The molecule has 0 spiro atoms. The number of esters is 1. The predicted molar refractivity (Wildman–Crippen MR) is 65.3 cm³/mol. The number of urea groups is 1. The van der Waals surface area contributed by atoms with Crippen LogP contribution in [0.3, 0.4) is 0 Å². The lowest BCUT2D eigenvalue weighted by atomic mass is 10.3. The molecule has 1 unspecified atom stereocenters. The van der Waals surface area contributed by atoms with Gasteiger partial charge in [0.05, 0.1) is 0 Å². The summed E-state index contributed by atoms with van der Waals surface area (Å²) >= 11 is 1.30. The van der Waals surface area contributed by atoms with E-state index in [-0.39, 0.29) is 6.03 Å². The molecule has 1 saturated heterocycles. The quantitative estimate of drug-likeness (QED) is 0.749. The normalized spacial score (nSPS) is 20.2. The molecule has 2 heterocycles. The molecule has 1 aromatic heterocycles. The Morgan fingerprint density at radius 3 is 2.78 bits per heavy atom. The lowest BCUT2D eigenvalue weighted by molar-refractivity contribution is -0.146. The molecule has 0 bridgehead atoms. The number of aromatic nitrogens is 2. The minimum Gasteiger partial charge on any atom is -0.441 e. The number of carbonyl (C=O) groups excluding carboxylic acids is 2. The summed E-state index contributed by atoms with van der Waals surface area (Å²) < 4.78 is 5.16. The van der Waals surface area contributed by atoms with Gasteiger partial charge >= 0.3 is 12.0 Å². The fraction of sp³-hybridized carbons (Fsp3) is 0.600. The minimum atomic E-state index is -0.599. The Balaban J connectivity index is 2.28. The van der Waals surface area contributed by atoms with Crippen LogP contribution in [-0.2, 0) is 9.53 Å². The van der Waals surface area contributed by atoms with Crippen molar-refractivity contribution in [3.05, 3.63) is 5.01 Å². The Labute approximate surface area is 108 Å². The number of rotatable bonds is 2. The first-order valence-corrected chi connectivity index (χ1v) is 6.32. The lowest BCUT2D eigenvalue weighted by Gasteiger charge is -2.37. The van der Waals surface area contributed by atoms with Crippen molar-refractivity contribution in [3.8, 4) is 0 Å². The molecular formula is C10H14N4O3S. The fourth-order valence-electron chi connectivity index (χ4n) is 1.73. The van der Waals surface area contributed by atoms with Crippen LogP contribution in [0, 0.1) is 6.92 Å². The number of aryl methyl sites for hydroxylation is 1. The summed E-state index contributed by atoms with van der Waals surface area (Å²) in [6.45, 7) is 3.68. The highest BCUT2D eigenvalue weighted by Crippen LogP contribution is 2.27. The average Bonchev–Trinajstić information content (AvgIpc) is 2.70. The summed E-state index contributed by atoms with van der Waals surface area (Å²) in [5.74, 6) is -0.413. The molecule has 1 aliphatic heterocycles. The zero-order valence-electron chi connectivity index (χ0n) is 10.4. The van der Waals surface area contributed by atoms with Crippen molar-refractivity contribution >= 4 is 28.5 Å². The average molecular weight is 270 g/mol. The highest BCUT2D eigenvalue weighted by atomic mass is 32.1. The molecule has 7 nitrogen and oxygen atoms in total. The molecule has 18 heavy (non-hydrogen) atoms. The van der Waals surface area contributed by atoms with E-state index in [1.807, 2.05) is 0 Å². The second-order valence-electron chi connectivity index (χ2n) is 4.03. The van der Waals surface area contributed by atoms with Gasteiger partial charge in [0.25, 0.3) is 0 Å². The molecule has 0 radical (unpaired) electrons. The van der Waals surface area contributed by atoms with E-state index in [1.165, 1.54) is 23.2 Å². The zero-order valence-corrected chi connectivity index (χ0v) is 11.2. The van der Waals surface area contributed by atoms with Crippen molar-refractivity contribution in [2.45, 2.75) is 26.5 Å². The molecule has 98 valence electrons. The van der Waals surface area contributed by atoms with Gasteiger partial charge in [0.15, 0.2) is 6.23 Å². The molecule has 2 rings (SSSR count). The van der Waals surface area contributed by atoms with Gasteiger partial charge in [-0.2, -0.15) is 0 Å². The number of hydrogen-bond donors (Lipinski definition) is 0. The van der Waals surface area contributed by atoms with Gasteiger partial charge in [-0.15, -0.1) is 10.2 Å². The number of hydrogen-bond acceptors (Lipinski definition) is 6. The Bertz CT molecular complexity index is 475. The van der Waals surface area contributed by atoms with Crippen molar-refractivity contribution in [1.82, 2.24) is 15.1 Å². The van der Waals surface area contributed by atoms with E-state index in [0.29, 0.717) is 18.1 Å². The second-order valence-corrected chi connectivity index (χ2v) is 5.19. The third kappa shape index (κ3) is 2.42. The number of nitrogens with zero attached hydrogens (tertiary/aromatic N) is 4. The summed E-state index contributed by atoms with van der Waals surface area (Å²) in [6.07, 6.45) is -0.0426. The van der Waals surface area contributed by atoms with Crippen LogP contribution in [0.25, 0.3) is 0 Å². The van der Waals surface area contributed by atoms with Crippen molar-refractivity contribution in [2.24, 2.45) is 0 Å². The SMILES string of the molecule is CC(=O)OC1CCN(C)C(=O)N1c1nnc(C)s1. The summed E-state index contributed by atoms with van der Waals surface area (Å²) in [4.78, 5) is 26.2. The molecule has 2 amide bonds. The van der Waals surface area contributed by atoms with Gasteiger partial charge in [0.1, 0.15) is 5.01 Å². The van der Waals surface area contributed by atoms with Crippen LogP contribution in [0.15, 0.2) is 0 Å². The first kappa shape index (κ1) is 12.7. The van der Waals surface area contributed by atoms with Crippen molar-refractivity contribution in [1.29, 1.82) is 0 Å². The second kappa shape index (κ2) is 4.89. The number of anilines is 1. The molecule has 0 saturated carbocycles. The third-order valence-electron chi connectivity index (χ3n) is 2.56. The summed E-state index contributed by atoms with van der Waals surface area (Å²) in [5, 5.41) is 9.03. The molecule has 1 aliphatic rings. The monoisotopic (exact) mass is 270 g/mol. The Morgan fingerprint density at radius 2 is 2.22 bits per heavy atom. The maximum atomic E-state index is 12.1. The van der Waals surface area contributed by atoms with E-state index < -0.39 is 12.2 Å². The smallest absolute Gasteiger partial charge is 0.329 e. The van der Waals surface area contributed by atoms with Crippen LogP contribution in [-0.4, -0.2) is 46.9 Å². The topological polar surface area (TPSA) is 75.6 Å². The van der Waals surface area contributed by atoms with Crippen LogP contribution in [0.1, 0.15) is 18.4 Å². The van der Waals surface area contributed by atoms with Crippen LogP contribution in [0.2, 0.25) is 0 Å². The van der Waals surface area contributed by atoms with E-state index in [4.69, 9.17) is 4.74 Å². The maximum absolute atomic E-state index is 12.1. The van der Waals surface area contributed by atoms with E-state index >= 15 is 0 Å². The van der Waals surface area contributed by atoms with E-state index in [0.717, 1.165) is 5.01 Å². The summed E-state index contributed by atoms with van der Waals surface area (Å²) in [5.41, 5.74) is 0. The fourth-order valence-corrected chi connectivity index (χ4v) is 2.45. The molecule has 1 fully saturated rings. The molecule has 0 aromatic carbocycles. The molecule has 0 N–H and O–H groups in total. The van der Waals surface area contributed by atoms with Gasteiger partial charge in [-0.3, -0.25) is 4.79 Å². The lowest BCUT2D eigenvalue weighted by Crippen LogP contribution is -2.54. The molecule has 8 heteroatoms. The van der Waals surface area contributed by atoms with Crippen molar-refractivity contribution in [3.63, 3.8) is 0 Å². The Kier molecular flexibility index (Phi) is 3.46.